The van der Waals surface area contributed by atoms with E-state index < -0.39 is 0 Å². The van der Waals surface area contributed by atoms with E-state index in [9.17, 15) is 0 Å². The van der Waals surface area contributed by atoms with Gasteiger partial charge in [0.2, 0.25) is 0 Å². The number of hydrogen-bond acceptors (Lipinski definition) is 5. The quantitative estimate of drug-likeness (QED) is 0.144. The van der Waals surface area contributed by atoms with E-state index >= 15 is 0 Å². The number of nitrogens with one attached hydrogen (secondary N) is 1. The maximum atomic E-state index is 6.70. The van der Waals surface area contributed by atoms with Gasteiger partial charge in [-0.2, -0.15) is 0 Å². The van der Waals surface area contributed by atoms with Gasteiger partial charge in [0.25, 0.3) is 0 Å². The van der Waals surface area contributed by atoms with Gasteiger partial charge in [0.1, 0.15) is 12.4 Å². The lowest BCUT2D eigenvalue weighted by Gasteiger charge is -2.28. The molecule has 1 N–H and O–H groups in total. The Morgan fingerprint density at radius 3 is 2.36 bits per heavy atom. The van der Waals surface area contributed by atoms with Crippen molar-refractivity contribution in [1.29, 1.82) is 0 Å². The maximum absolute atomic E-state index is 6.70. The summed E-state index contributed by atoms with van der Waals surface area (Å²) in [6.07, 6.45) is 1.82. The van der Waals surface area contributed by atoms with Gasteiger partial charge in [-0.1, -0.05) is 17.7 Å². The Morgan fingerprint density at radius 1 is 0.976 bits per heavy atom. The standard InChI is InChI=1S/C33H38ClN5O2S/c1-6-37(7-2)24-11-13-25(14-12-24)38-22(3)20-27(23(38)4)32-31(29-10-8-9-17-35-29)36-33(42)39(32)26-15-16-30(28(34)21-26)41-19-18-40-5/h8-17,20-21,31-32H,6-7,18-19H2,1-5H3,(H,36,42)/t31-,32+/m1/s1. The summed E-state index contributed by atoms with van der Waals surface area (Å²) in [6, 6.07) is 22.5. The Morgan fingerprint density at radius 2 is 1.71 bits per heavy atom. The van der Waals surface area contributed by atoms with Crippen LogP contribution < -0.4 is 19.9 Å². The molecule has 4 aromatic rings. The highest BCUT2D eigenvalue weighted by molar-refractivity contribution is 7.80. The van der Waals surface area contributed by atoms with Crippen LogP contribution in [0.4, 0.5) is 11.4 Å². The van der Waals surface area contributed by atoms with Gasteiger partial charge in [0.15, 0.2) is 5.11 Å². The number of hydrogen-bond donors (Lipinski definition) is 1. The molecule has 0 bridgehead atoms. The fourth-order valence-electron chi connectivity index (χ4n) is 5.83. The number of methoxy groups -OCH3 is 1. The molecule has 1 fully saturated rings. The molecular formula is C33H38ClN5O2S. The highest BCUT2D eigenvalue weighted by Gasteiger charge is 2.42. The van der Waals surface area contributed by atoms with Gasteiger partial charge in [0.05, 0.1) is 29.4 Å². The number of halogens is 1. The average Bonchev–Trinajstić information content (AvgIpc) is 3.50. The van der Waals surface area contributed by atoms with Crippen LogP contribution in [0.25, 0.3) is 5.69 Å². The second kappa shape index (κ2) is 13.2. The molecule has 1 aliphatic rings. The Balaban J connectivity index is 1.57. The molecule has 0 radical (unpaired) electrons. The van der Waals surface area contributed by atoms with Gasteiger partial charge in [-0.3, -0.25) is 4.98 Å². The fraction of sp³-hybridized carbons (Fsp3) is 0.333. The number of ether oxygens (including phenoxy) is 2. The largest absolute Gasteiger partial charge is 0.490 e. The summed E-state index contributed by atoms with van der Waals surface area (Å²) >= 11 is 12.7. The first-order valence-electron chi connectivity index (χ1n) is 14.3. The molecule has 5 rings (SSSR count). The van der Waals surface area contributed by atoms with Crippen molar-refractivity contribution in [2.75, 3.05) is 43.2 Å². The van der Waals surface area contributed by atoms with Crippen molar-refractivity contribution in [1.82, 2.24) is 14.9 Å². The van der Waals surface area contributed by atoms with Crippen molar-refractivity contribution in [2.45, 2.75) is 39.8 Å². The van der Waals surface area contributed by atoms with Crippen molar-refractivity contribution >= 4 is 40.3 Å². The lowest BCUT2D eigenvalue weighted by molar-refractivity contribution is 0.146. The zero-order chi connectivity index (χ0) is 29.8. The summed E-state index contributed by atoms with van der Waals surface area (Å²) < 4.78 is 13.2. The molecule has 0 unspecified atom stereocenters. The Labute approximate surface area is 259 Å². The van der Waals surface area contributed by atoms with Crippen molar-refractivity contribution < 1.29 is 9.47 Å². The molecule has 0 aliphatic carbocycles. The number of nitrogens with zero attached hydrogens (tertiary/aromatic N) is 4. The molecule has 3 heterocycles. The molecule has 7 nitrogen and oxygen atoms in total. The van der Waals surface area contributed by atoms with Crippen LogP contribution in [-0.4, -0.2) is 48.1 Å². The minimum absolute atomic E-state index is 0.154. The van der Waals surface area contributed by atoms with Crippen molar-refractivity contribution in [3.63, 3.8) is 0 Å². The van der Waals surface area contributed by atoms with Gasteiger partial charge >= 0.3 is 0 Å². The second-order valence-corrected chi connectivity index (χ2v) is 11.1. The molecule has 2 aromatic carbocycles. The lowest BCUT2D eigenvalue weighted by atomic mass is 9.96. The summed E-state index contributed by atoms with van der Waals surface area (Å²) in [5, 5.41) is 4.70. The molecule has 0 spiro atoms. The van der Waals surface area contributed by atoms with Crippen LogP contribution >= 0.6 is 23.8 Å². The van der Waals surface area contributed by atoms with Gasteiger partial charge in [-0.15, -0.1) is 0 Å². The van der Waals surface area contributed by atoms with Gasteiger partial charge in [0, 0.05) is 54.8 Å². The molecule has 1 aliphatic heterocycles. The van der Waals surface area contributed by atoms with Gasteiger partial charge < -0.3 is 29.2 Å². The Hall–Kier alpha value is -3.59. The molecule has 0 saturated carbocycles. The van der Waals surface area contributed by atoms with E-state index in [1.54, 1.807) is 7.11 Å². The number of thiocarbonyl (C=S) groups is 1. The first-order valence-corrected chi connectivity index (χ1v) is 15.1. The van der Waals surface area contributed by atoms with Crippen LogP contribution in [0.3, 0.4) is 0 Å². The summed E-state index contributed by atoms with van der Waals surface area (Å²) in [7, 11) is 1.64. The highest BCUT2D eigenvalue weighted by Crippen LogP contribution is 2.45. The van der Waals surface area contributed by atoms with Gasteiger partial charge in [-0.05, 0) is 106 Å². The van der Waals surface area contributed by atoms with E-state index in [-0.39, 0.29) is 12.1 Å². The van der Waals surface area contributed by atoms with E-state index in [2.05, 4.69) is 77.7 Å². The average molecular weight is 604 g/mol. The minimum Gasteiger partial charge on any atom is -0.490 e. The third kappa shape index (κ3) is 5.84. The molecule has 9 heteroatoms. The summed E-state index contributed by atoms with van der Waals surface area (Å²) in [4.78, 5) is 9.21. The normalized spacial score (nSPS) is 16.5. The molecule has 2 atom stereocenters. The Bertz CT molecular complexity index is 1520. The third-order valence-electron chi connectivity index (χ3n) is 7.86. The SMILES string of the molecule is CCN(CC)c1ccc(-n2c(C)cc([C@H]3[C@@H](c4ccccn4)NC(=S)N3c3ccc(OCCOC)c(Cl)c3)c2C)cc1. The maximum Gasteiger partial charge on any atom is 0.174 e. The van der Waals surface area contributed by atoms with Crippen LogP contribution in [0.15, 0.2) is 72.9 Å². The second-order valence-electron chi connectivity index (χ2n) is 10.3. The number of anilines is 2. The van der Waals surface area contributed by atoms with Crippen LogP contribution in [-0.2, 0) is 4.74 Å². The minimum atomic E-state index is -0.158. The van der Waals surface area contributed by atoms with Crippen LogP contribution in [0, 0.1) is 13.8 Å². The lowest BCUT2D eigenvalue weighted by Crippen LogP contribution is -2.29. The molecule has 1 saturated heterocycles. The third-order valence-corrected chi connectivity index (χ3v) is 8.47. The van der Waals surface area contributed by atoms with Crippen LogP contribution in [0.2, 0.25) is 5.02 Å². The number of aryl methyl sites for hydroxylation is 1. The Kier molecular flexibility index (Phi) is 9.36. The summed E-state index contributed by atoms with van der Waals surface area (Å²) in [5.41, 5.74) is 7.62. The van der Waals surface area contributed by atoms with Crippen molar-refractivity contribution in [2.24, 2.45) is 0 Å². The van der Waals surface area contributed by atoms with E-state index in [0.717, 1.165) is 41.5 Å². The summed E-state index contributed by atoms with van der Waals surface area (Å²) in [5.74, 6) is 0.611. The van der Waals surface area contributed by atoms with Gasteiger partial charge in [-0.25, -0.2) is 0 Å². The zero-order valence-corrected chi connectivity index (χ0v) is 26.4. The summed E-state index contributed by atoms with van der Waals surface area (Å²) in [6.45, 7) is 11.6. The zero-order valence-electron chi connectivity index (χ0n) is 24.8. The molecule has 220 valence electrons. The van der Waals surface area contributed by atoms with E-state index in [0.29, 0.717) is 29.1 Å². The molecule has 2 aromatic heterocycles. The topological polar surface area (TPSA) is 54.8 Å². The van der Waals surface area contributed by atoms with Crippen LogP contribution in [0.1, 0.15) is 48.6 Å². The van der Waals surface area contributed by atoms with Crippen LogP contribution in [0.5, 0.6) is 5.75 Å². The smallest absolute Gasteiger partial charge is 0.174 e. The number of rotatable bonds is 11. The van der Waals surface area contributed by atoms with Crippen molar-refractivity contribution in [3.05, 3.63) is 101 Å². The number of pyridine rings is 1. The molecule has 42 heavy (non-hydrogen) atoms. The van der Waals surface area contributed by atoms with E-state index in [1.807, 2.05) is 42.6 Å². The highest BCUT2D eigenvalue weighted by atomic mass is 35.5. The van der Waals surface area contributed by atoms with E-state index in [1.165, 1.54) is 11.3 Å². The van der Waals surface area contributed by atoms with Crippen molar-refractivity contribution in [3.8, 4) is 11.4 Å². The predicted octanol–water partition coefficient (Wildman–Crippen LogP) is 7.19. The molecular weight excluding hydrogens is 566 g/mol. The predicted molar refractivity (Wildman–Crippen MR) is 176 cm³/mol. The first kappa shape index (κ1) is 29.9. The van der Waals surface area contributed by atoms with E-state index in [4.69, 9.17) is 38.3 Å². The number of benzene rings is 2. The fourth-order valence-corrected chi connectivity index (χ4v) is 6.40. The molecule has 0 amide bonds. The monoisotopic (exact) mass is 603 g/mol. The number of aromatic nitrogens is 2. The first-order chi connectivity index (χ1) is 20.4.